The molecule has 0 radical (unpaired) electrons. The highest BCUT2D eigenvalue weighted by Crippen LogP contribution is 2.49. The van der Waals surface area contributed by atoms with Crippen molar-refractivity contribution in [2.24, 2.45) is 5.92 Å². The standard InChI is InChI=1S/C11H14O2/c1-13-11-5-3-2-4-9(11)10-6-8(10)7-12/h2-5,8,10,12H,6-7H2,1H3/t8-,10+/m1/s1. The molecule has 13 heavy (non-hydrogen) atoms. The molecule has 70 valence electrons. The summed E-state index contributed by atoms with van der Waals surface area (Å²) in [6, 6.07) is 8.05. The SMILES string of the molecule is COc1ccccc1[C@H]1C[C@@H]1CO. The second-order valence-corrected chi connectivity index (χ2v) is 3.53. The molecule has 2 nitrogen and oxygen atoms in total. The van der Waals surface area contributed by atoms with Gasteiger partial charge in [-0.3, -0.25) is 0 Å². The number of ether oxygens (including phenoxy) is 1. The van der Waals surface area contributed by atoms with Crippen LogP contribution in [0.5, 0.6) is 5.75 Å². The minimum Gasteiger partial charge on any atom is -0.496 e. The molecule has 1 aromatic carbocycles. The van der Waals surface area contributed by atoms with Crippen molar-refractivity contribution in [3.63, 3.8) is 0 Å². The number of aliphatic hydroxyl groups is 1. The molecule has 0 unspecified atom stereocenters. The molecule has 1 saturated carbocycles. The van der Waals surface area contributed by atoms with E-state index in [1.165, 1.54) is 5.56 Å². The van der Waals surface area contributed by atoms with Crippen LogP contribution >= 0.6 is 0 Å². The molecule has 1 aliphatic carbocycles. The van der Waals surface area contributed by atoms with Gasteiger partial charge in [-0.2, -0.15) is 0 Å². The number of benzene rings is 1. The first kappa shape index (κ1) is 8.57. The molecule has 1 aliphatic rings. The Bertz CT molecular complexity index is 296. The molecule has 2 atom stereocenters. The van der Waals surface area contributed by atoms with Crippen LogP contribution in [-0.2, 0) is 0 Å². The topological polar surface area (TPSA) is 29.5 Å². The highest BCUT2D eigenvalue weighted by molar-refractivity contribution is 5.39. The highest BCUT2D eigenvalue weighted by atomic mass is 16.5. The largest absolute Gasteiger partial charge is 0.496 e. The Hall–Kier alpha value is -1.02. The smallest absolute Gasteiger partial charge is 0.122 e. The van der Waals surface area contributed by atoms with Crippen LogP contribution in [0.1, 0.15) is 17.9 Å². The first-order valence-electron chi connectivity index (χ1n) is 4.60. The van der Waals surface area contributed by atoms with Crippen molar-refractivity contribution < 1.29 is 9.84 Å². The van der Waals surface area contributed by atoms with E-state index in [0.29, 0.717) is 18.4 Å². The number of hydrogen-bond acceptors (Lipinski definition) is 2. The summed E-state index contributed by atoms with van der Waals surface area (Å²) in [5, 5.41) is 8.96. The third kappa shape index (κ3) is 1.54. The van der Waals surface area contributed by atoms with Gasteiger partial charge in [0.1, 0.15) is 5.75 Å². The third-order valence-corrected chi connectivity index (χ3v) is 2.70. The normalized spacial score (nSPS) is 25.7. The van der Waals surface area contributed by atoms with Gasteiger partial charge in [0.05, 0.1) is 7.11 Å². The minimum atomic E-state index is 0.294. The van der Waals surface area contributed by atoms with E-state index in [4.69, 9.17) is 9.84 Å². The molecule has 1 fully saturated rings. The van der Waals surface area contributed by atoms with Gasteiger partial charge in [0, 0.05) is 6.61 Å². The molecule has 0 amide bonds. The predicted octanol–water partition coefficient (Wildman–Crippen LogP) is 1.79. The minimum absolute atomic E-state index is 0.294. The maximum absolute atomic E-state index is 8.96. The van der Waals surface area contributed by atoms with Crippen LogP contribution < -0.4 is 4.74 Å². The fourth-order valence-electron chi connectivity index (χ4n) is 1.80. The van der Waals surface area contributed by atoms with Crippen molar-refractivity contribution in [2.45, 2.75) is 12.3 Å². The van der Waals surface area contributed by atoms with Crippen LogP contribution in [0.4, 0.5) is 0 Å². The van der Waals surface area contributed by atoms with Gasteiger partial charge in [0.25, 0.3) is 0 Å². The molecule has 1 aromatic rings. The average Bonchev–Trinajstić information content (AvgIpc) is 2.96. The van der Waals surface area contributed by atoms with Crippen LogP contribution in [-0.4, -0.2) is 18.8 Å². The number of methoxy groups -OCH3 is 1. The first-order valence-corrected chi connectivity index (χ1v) is 4.60. The van der Waals surface area contributed by atoms with Crippen molar-refractivity contribution >= 4 is 0 Å². The number of para-hydroxylation sites is 1. The second kappa shape index (κ2) is 3.38. The Labute approximate surface area is 78.2 Å². The Kier molecular flexibility index (Phi) is 2.23. The molecule has 1 N–H and O–H groups in total. The molecule has 0 spiro atoms. The highest BCUT2D eigenvalue weighted by Gasteiger charge is 2.39. The maximum atomic E-state index is 8.96. The molecule has 0 aliphatic heterocycles. The number of hydrogen-bond donors (Lipinski definition) is 1. The van der Waals surface area contributed by atoms with E-state index in [-0.39, 0.29) is 0 Å². The summed E-state index contributed by atoms with van der Waals surface area (Å²) in [6.45, 7) is 0.294. The summed E-state index contributed by atoms with van der Waals surface area (Å²) >= 11 is 0. The Morgan fingerprint density at radius 2 is 2.23 bits per heavy atom. The second-order valence-electron chi connectivity index (χ2n) is 3.53. The molecular formula is C11H14O2. The number of aliphatic hydroxyl groups excluding tert-OH is 1. The van der Waals surface area contributed by atoms with E-state index in [2.05, 4.69) is 6.07 Å². The summed E-state index contributed by atoms with van der Waals surface area (Å²) < 4.78 is 5.26. The zero-order chi connectivity index (χ0) is 9.26. The molecule has 2 rings (SSSR count). The lowest BCUT2D eigenvalue weighted by molar-refractivity contribution is 0.273. The van der Waals surface area contributed by atoms with E-state index in [0.717, 1.165) is 12.2 Å². The molecule has 0 bridgehead atoms. The van der Waals surface area contributed by atoms with Gasteiger partial charge >= 0.3 is 0 Å². The Balaban J connectivity index is 2.20. The van der Waals surface area contributed by atoms with Gasteiger partial charge in [0.2, 0.25) is 0 Å². The Morgan fingerprint density at radius 1 is 1.46 bits per heavy atom. The molecule has 0 saturated heterocycles. The summed E-state index contributed by atoms with van der Waals surface area (Å²) in [5.41, 5.74) is 1.24. The van der Waals surface area contributed by atoms with E-state index >= 15 is 0 Å². The average molecular weight is 178 g/mol. The predicted molar refractivity (Wildman–Crippen MR) is 50.9 cm³/mol. The van der Waals surface area contributed by atoms with E-state index < -0.39 is 0 Å². The molecule has 2 heteroatoms. The van der Waals surface area contributed by atoms with Gasteiger partial charge < -0.3 is 9.84 Å². The van der Waals surface area contributed by atoms with Gasteiger partial charge in [0.15, 0.2) is 0 Å². The quantitative estimate of drug-likeness (QED) is 0.764. The van der Waals surface area contributed by atoms with Gasteiger partial charge in [-0.15, -0.1) is 0 Å². The van der Waals surface area contributed by atoms with Crippen LogP contribution in [0.2, 0.25) is 0 Å². The summed E-state index contributed by atoms with van der Waals surface area (Å²) in [5.74, 6) is 1.92. The van der Waals surface area contributed by atoms with E-state index in [1.54, 1.807) is 7.11 Å². The summed E-state index contributed by atoms with van der Waals surface area (Å²) in [4.78, 5) is 0. The lowest BCUT2D eigenvalue weighted by Crippen LogP contribution is -1.92. The lowest BCUT2D eigenvalue weighted by atomic mass is 10.1. The molecule has 0 aromatic heterocycles. The fraction of sp³-hybridized carbons (Fsp3) is 0.455. The van der Waals surface area contributed by atoms with Crippen LogP contribution in [0.15, 0.2) is 24.3 Å². The maximum Gasteiger partial charge on any atom is 0.122 e. The van der Waals surface area contributed by atoms with Crippen LogP contribution in [0, 0.1) is 5.92 Å². The zero-order valence-electron chi connectivity index (χ0n) is 7.73. The molecule has 0 heterocycles. The van der Waals surface area contributed by atoms with Crippen molar-refractivity contribution in [2.75, 3.05) is 13.7 Å². The van der Waals surface area contributed by atoms with Crippen LogP contribution in [0.3, 0.4) is 0 Å². The van der Waals surface area contributed by atoms with Crippen molar-refractivity contribution in [3.8, 4) is 5.75 Å². The molecular weight excluding hydrogens is 164 g/mol. The summed E-state index contributed by atoms with van der Waals surface area (Å²) in [7, 11) is 1.69. The first-order chi connectivity index (χ1) is 6.36. The van der Waals surface area contributed by atoms with Gasteiger partial charge in [-0.1, -0.05) is 18.2 Å². The fourth-order valence-corrected chi connectivity index (χ4v) is 1.80. The van der Waals surface area contributed by atoms with Gasteiger partial charge in [-0.25, -0.2) is 0 Å². The van der Waals surface area contributed by atoms with Crippen LogP contribution in [0.25, 0.3) is 0 Å². The van der Waals surface area contributed by atoms with Crippen molar-refractivity contribution in [1.82, 2.24) is 0 Å². The van der Waals surface area contributed by atoms with E-state index in [1.807, 2.05) is 18.2 Å². The van der Waals surface area contributed by atoms with Crippen molar-refractivity contribution in [1.29, 1.82) is 0 Å². The summed E-state index contributed by atoms with van der Waals surface area (Å²) in [6.07, 6.45) is 1.09. The number of rotatable bonds is 3. The van der Waals surface area contributed by atoms with Crippen molar-refractivity contribution in [3.05, 3.63) is 29.8 Å². The van der Waals surface area contributed by atoms with E-state index in [9.17, 15) is 0 Å². The monoisotopic (exact) mass is 178 g/mol. The zero-order valence-corrected chi connectivity index (χ0v) is 7.73. The lowest BCUT2D eigenvalue weighted by Gasteiger charge is -2.06. The Morgan fingerprint density at radius 3 is 2.85 bits per heavy atom. The van der Waals surface area contributed by atoms with Gasteiger partial charge in [-0.05, 0) is 29.9 Å². The third-order valence-electron chi connectivity index (χ3n) is 2.70.